The van der Waals surface area contributed by atoms with Crippen LogP contribution in [-0.2, 0) is 17.8 Å². The van der Waals surface area contributed by atoms with Gasteiger partial charge in [0, 0.05) is 18.7 Å². The van der Waals surface area contributed by atoms with Crippen LogP contribution in [0, 0.1) is 0 Å². The average molecular weight is 297 g/mol. The number of para-hydroxylation sites is 1. The summed E-state index contributed by atoms with van der Waals surface area (Å²) in [6, 6.07) is 17.8. The fourth-order valence-corrected chi connectivity index (χ4v) is 2.49. The minimum Gasteiger partial charge on any atom is -0.496 e. The van der Waals surface area contributed by atoms with E-state index in [2.05, 4.69) is 19.1 Å². The Bertz CT molecular complexity index is 595. The van der Waals surface area contributed by atoms with Crippen LogP contribution in [0.4, 0.5) is 0 Å². The van der Waals surface area contributed by atoms with E-state index in [9.17, 15) is 4.79 Å². The van der Waals surface area contributed by atoms with E-state index in [4.69, 9.17) is 4.74 Å². The quantitative estimate of drug-likeness (QED) is 0.780. The molecule has 2 rings (SSSR count). The molecule has 0 aliphatic rings. The molecule has 3 heteroatoms. The molecule has 0 N–H and O–H groups in total. The molecule has 0 unspecified atom stereocenters. The van der Waals surface area contributed by atoms with Crippen molar-refractivity contribution in [2.24, 2.45) is 0 Å². The summed E-state index contributed by atoms with van der Waals surface area (Å²) in [5, 5.41) is 0. The highest BCUT2D eigenvalue weighted by atomic mass is 16.5. The van der Waals surface area contributed by atoms with Crippen molar-refractivity contribution in [2.45, 2.75) is 26.3 Å². The monoisotopic (exact) mass is 297 g/mol. The molecule has 2 aromatic carbocycles. The highest BCUT2D eigenvalue weighted by Crippen LogP contribution is 2.19. The number of carbonyl (C=O) groups excluding carboxylic acids is 1. The molecule has 0 bridgehead atoms. The first-order valence-corrected chi connectivity index (χ1v) is 7.68. The van der Waals surface area contributed by atoms with E-state index in [0.717, 1.165) is 29.8 Å². The Kier molecular flexibility index (Phi) is 6.01. The summed E-state index contributed by atoms with van der Waals surface area (Å²) in [6.45, 7) is 3.51. The zero-order chi connectivity index (χ0) is 15.8. The van der Waals surface area contributed by atoms with Gasteiger partial charge in [0.2, 0.25) is 5.91 Å². The van der Waals surface area contributed by atoms with Crippen LogP contribution in [0.5, 0.6) is 5.75 Å². The second kappa shape index (κ2) is 8.23. The van der Waals surface area contributed by atoms with Gasteiger partial charge < -0.3 is 9.64 Å². The fraction of sp³-hybridized carbons (Fsp3) is 0.316. The maximum Gasteiger partial charge on any atom is 0.227 e. The van der Waals surface area contributed by atoms with Gasteiger partial charge in [-0.2, -0.15) is 0 Å². The molecule has 0 spiro atoms. The van der Waals surface area contributed by atoms with Crippen molar-refractivity contribution in [3.05, 3.63) is 65.7 Å². The summed E-state index contributed by atoms with van der Waals surface area (Å²) in [5.41, 5.74) is 2.09. The molecule has 3 nitrogen and oxygen atoms in total. The van der Waals surface area contributed by atoms with Crippen LogP contribution in [0.25, 0.3) is 0 Å². The van der Waals surface area contributed by atoms with E-state index in [-0.39, 0.29) is 5.91 Å². The topological polar surface area (TPSA) is 29.5 Å². The molecule has 0 aliphatic carbocycles. The third-order valence-electron chi connectivity index (χ3n) is 3.60. The van der Waals surface area contributed by atoms with E-state index >= 15 is 0 Å². The molecule has 116 valence electrons. The number of carbonyl (C=O) groups is 1. The third-order valence-corrected chi connectivity index (χ3v) is 3.60. The molecule has 0 radical (unpaired) electrons. The van der Waals surface area contributed by atoms with Crippen LogP contribution in [0.1, 0.15) is 24.5 Å². The number of nitrogens with zero attached hydrogens (tertiary/aromatic N) is 1. The summed E-state index contributed by atoms with van der Waals surface area (Å²) in [7, 11) is 1.64. The molecular weight excluding hydrogens is 274 g/mol. The number of rotatable bonds is 7. The second-order valence-corrected chi connectivity index (χ2v) is 5.29. The largest absolute Gasteiger partial charge is 0.496 e. The molecule has 0 fully saturated rings. The van der Waals surface area contributed by atoms with Crippen molar-refractivity contribution < 1.29 is 9.53 Å². The van der Waals surface area contributed by atoms with Crippen molar-refractivity contribution in [1.29, 1.82) is 0 Å². The lowest BCUT2D eigenvalue weighted by Gasteiger charge is -2.23. The molecule has 0 atom stereocenters. The molecule has 0 aliphatic heterocycles. The number of hydrogen-bond donors (Lipinski definition) is 0. The van der Waals surface area contributed by atoms with Crippen LogP contribution < -0.4 is 4.74 Å². The molecule has 1 amide bonds. The Morgan fingerprint density at radius 3 is 2.41 bits per heavy atom. The molecule has 0 heterocycles. The van der Waals surface area contributed by atoms with Gasteiger partial charge in [-0.1, -0.05) is 55.5 Å². The number of amides is 1. The Labute approximate surface area is 132 Å². The van der Waals surface area contributed by atoms with Crippen molar-refractivity contribution >= 4 is 5.91 Å². The number of ether oxygens (including phenoxy) is 1. The lowest BCUT2D eigenvalue weighted by molar-refractivity contribution is -0.131. The average Bonchev–Trinajstić information content (AvgIpc) is 2.56. The van der Waals surface area contributed by atoms with E-state index < -0.39 is 0 Å². The predicted molar refractivity (Wildman–Crippen MR) is 88.8 cm³/mol. The Balaban J connectivity index is 2.09. The summed E-state index contributed by atoms with van der Waals surface area (Å²) in [5.74, 6) is 0.905. The van der Waals surface area contributed by atoms with Crippen LogP contribution in [0.3, 0.4) is 0 Å². The minimum atomic E-state index is 0.134. The zero-order valence-corrected chi connectivity index (χ0v) is 13.3. The molecule has 0 saturated carbocycles. The Hall–Kier alpha value is -2.29. The van der Waals surface area contributed by atoms with Crippen LogP contribution in [0.15, 0.2) is 54.6 Å². The number of hydrogen-bond acceptors (Lipinski definition) is 2. The summed E-state index contributed by atoms with van der Waals surface area (Å²) < 4.78 is 5.33. The van der Waals surface area contributed by atoms with Crippen molar-refractivity contribution in [2.75, 3.05) is 13.7 Å². The third kappa shape index (κ3) is 4.35. The second-order valence-electron chi connectivity index (χ2n) is 5.29. The van der Waals surface area contributed by atoms with Gasteiger partial charge in [0.1, 0.15) is 5.75 Å². The molecule has 0 saturated heterocycles. The van der Waals surface area contributed by atoms with Gasteiger partial charge in [0.25, 0.3) is 0 Å². The maximum atomic E-state index is 12.6. The van der Waals surface area contributed by atoms with Gasteiger partial charge in [-0.15, -0.1) is 0 Å². The normalized spacial score (nSPS) is 10.3. The van der Waals surface area contributed by atoms with Gasteiger partial charge in [0.05, 0.1) is 13.5 Å². The standard InChI is InChI=1S/C19H23NO2/c1-3-13-20(15-16-9-5-4-6-10-16)19(21)14-17-11-7-8-12-18(17)22-2/h4-12H,3,13-15H2,1-2H3. The van der Waals surface area contributed by atoms with Crippen LogP contribution in [-0.4, -0.2) is 24.5 Å². The first-order chi connectivity index (χ1) is 10.7. The molecule has 22 heavy (non-hydrogen) atoms. The van der Waals surface area contributed by atoms with Gasteiger partial charge in [-0.3, -0.25) is 4.79 Å². The lowest BCUT2D eigenvalue weighted by Crippen LogP contribution is -2.32. The van der Waals surface area contributed by atoms with Gasteiger partial charge in [-0.25, -0.2) is 0 Å². The minimum absolute atomic E-state index is 0.134. The van der Waals surface area contributed by atoms with Crippen molar-refractivity contribution in [1.82, 2.24) is 4.90 Å². The maximum absolute atomic E-state index is 12.6. The summed E-state index contributed by atoms with van der Waals surface area (Å²) in [4.78, 5) is 14.6. The first kappa shape index (κ1) is 16.1. The Morgan fingerprint density at radius 1 is 1.05 bits per heavy atom. The van der Waals surface area contributed by atoms with E-state index in [1.807, 2.05) is 47.4 Å². The number of methoxy groups -OCH3 is 1. The van der Waals surface area contributed by atoms with Gasteiger partial charge in [0.15, 0.2) is 0 Å². The molecular formula is C19H23NO2. The van der Waals surface area contributed by atoms with Crippen LogP contribution in [0.2, 0.25) is 0 Å². The van der Waals surface area contributed by atoms with E-state index in [1.54, 1.807) is 7.11 Å². The molecule has 2 aromatic rings. The zero-order valence-electron chi connectivity index (χ0n) is 13.3. The highest BCUT2D eigenvalue weighted by molar-refractivity contribution is 5.79. The van der Waals surface area contributed by atoms with E-state index in [1.165, 1.54) is 0 Å². The summed E-state index contributed by atoms with van der Waals surface area (Å²) >= 11 is 0. The fourth-order valence-electron chi connectivity index (χ4n) is 2.49. The van der Waals surface area contributed by atoms with E-state index in [0.29, 0.717) is 13.0 Å². The Morgan fingerprint density at radius 2 is 1.73 bits per heavy atom. The summed E-state index contributed by atoms with van der Waals surface area (Å²) in [6.07, 6.45) is 1.32. The smallest absolute Gasteiger partial charge is 0.227 e. The highest BCUT2D eigenvalue weighted by Gasteiger charge is 2.15. The first-order valence-electron chi connectivity index (χ1n) is 7.68. The lowest BCUT2D eigenvalue weighted by atomic mass is 10.1. The molecule has 0 aromatic heterocycles. The van der Waals surface area contributed by atoms with Crippen molar-refractivity contribution in [3.8, 4) is 5.75 Å². The van der Waals surface area contributed by atoms with Gasteiger partial charge >= 0.3 is 0 Å². The van der Waals surface area contributed by atoms with Gasteiger partial charge in [-0.05, 0) is 18.1 Å². The predicted octanol–water partition coefficient (Wildman–Crippen LogP) is 3.68. The SMILES string of the molecule is CCCN(Cc1ccccc1)C(=O)Cc1ccccc1OC. The van der Waals surface area contributed by atoms with Crippen molar-refractivity contribution in [3.63, 3.8) is 0 Å². The van der Waals surface area contributed by atoms with Crippen LogP contribution >= 0.6 is 0 Å². The number of benzene rings is 2.